The third-order valence-electron chi connectivity index (χ3n) is 4.89. The molecule has 2 heterocycles. The molecule has 1 aromatic rings. The van der Waals surface area contributed by atoms with E-state index in [0.717, 1.165) is 15.6 Å². The fourth-order valence-corrected chi connectivity index (χ4v) is 6.08. The van der Waals surface area contributed by atoms with Crippen LogP contribution < -0.4 is 4.90 Å². The van der Waals surface area contributed by atoms with Gasteiger partial charge in [-0.2, -0.15) is 8.42 Å². The molecular formula is C20H29N3O4S4. The van der Waals surface area contributed by atoms with Crippen LogP contribution >= 0.6 is 35.7 Å². The van der Waals surface area contributed by atoms with Gasteiger partial charge in [-0.15, -0.1) is 0 Å². The Bertz CT molecular complexity index is 940. The van der Waals surface area contributed by atoms with Crippen LogP contribution in [-0.2, 0) is 14.9 Å². The average molecular weight is 504 g/mol. The SMILES string of the molecule is CCN(CC)CC.CN1C(=O)C(=C2Sc3ccccc3N2CCCS(=O)(=O)O)SC1=S. The monoisotopic (exact) mass is 503 g/mol. The zero-order chi connectivity index (χ0) is 23.2. The summed E-state index contributed by atoms with van der Waals surface area (Å²) in [5, 5.41) is 0.758. The topological polar surface area (TPSA) is 81.2 Å². The summed E-state index contributed by atoms with van der Waals surface area (Å²) >= 11 is 7.91. The van der Waals surface area contributed by atoms with Crippen molar-refractivity contribution in [3.8, 4) is 0 Å². The highest BCUT2D eigenvalue weighted by Crippen LogP contribution is 2.50. The first-order valence-electron chi connectivity index (χ1n) is 10.1. The number of anilines is 1. The lowest BCUT2D eigenvalue weighted by molar-refractivity contribution is -0.121. The first kappa shape index (κ1) is 26.1. The zero-order valence-corrected chi connectivity index (χ0v) is 21.5. The summed E-state index contributed by atoms with van der Waals surface area (Å²) in [4.78, 5) is 19.7. The van der Waals surface area contributed by atoms with Crippen molar-refractivity contribution in [2.24, 2.45) is 0 Å². The molecule has 0 radical (unpaired) electrons. The lowest BCUT2D eigenvalue weighted by Gasteiger charge is -2.21. The molecule has 2 aliphatic rings. The van der Waals surface area contributed by atoms with Crippen LogP contribution in [0.1, 0.15) is 27.2 Å². The van der Waals surface area contributed by atoms with Crippen LogP contribution in [0.4, 0.5) is 5.69 Å². The molecule has 1 fully saturated rings. The Hall–Kier alpha value is -1.11. The number of thioether (sulfide) groups is 2. The maximum atomic E-state index is 12.4. The van der Waals surface area contributed by atoms with Gasteiger partial charge in [0.25, 0.3) is 16.0 Å². The quantitative estimate of drug-likeness (QED) is 0.339. The molecule has 2 aliphatic heterocycles. The molecule has 0 aromatic heterocycles. The molecule has 172 valence electrons. The minimum atomic E-state index is -4.01. The van der Waals surface area contributed by atoms with Gasteiger partial charge < -0.3 is 9.80 Å². The second kappa shape index (κ2) is 11.7. The number of hydrogen-bond donors (Lipinski definition) is 1. The molecule has 7 nitrogen and oxygen atoms in total. The summed E-state index contributed by atoms with van der Waals surface area (Å²) in [6, 6.07) is 7.68. The van der Waals surface area contributed by atoms with Crippen molar-refractivity contribution in [2.75, 3.05) is 43.9 Å². The van der Waals surface area contributed by atoms with Gasteiger partial charge in [0.05, 0.1) is 11.4 Å². The number of thiocarbonyl (C=S) groups is 1. The van der Waals surface area contributed by atoms with Crippen molar-refractivity contribution in [3.63, 3.8) is 0 Å². The number of carbonyl (C=O) groups is 1. The van der Waals surface area contributed by atoms with Crippen LogP contribution in [0.15, 0.2) is 39.1 Å². The summed E-state index contributed by atoms with van der Waals surface area (Å²) in [6.07, 6.45) is 0.254. The smallest absolute Gasteiger partial charge is 0.268 e. The Morgan fingerprint density at radius 1 is 1.10 bits per heavy atom. The largest absolute Gasteiger partial charge is 0.334 e. The minimum absolute atomic E-state index is 0.153. The van der Waals surface area contributed by atoms with Crippen LogP contribution in [0.25, 0.3) is 0 Å². The standard InChI is InChI=1S/C14H14N2O4S4.C6H15N/c1-15-12(17)11(23-14(15)21)13-16(7-4-8-24(18,19)20)9-5-2-3-6-10(9)22-13;1-4-7(5-2)6-3/h2-3,5-6H,4,7-8H2,1H3,(H,18,19,20);4-6H2,1-3H3. The lowest BCUT2D eigenvalue weighted by Crippen LogP contribution is -2.26. The average Bonchev–Trinajstić information content (AvgIpc) is 3.21. The summed E-state index contributed by atoms with van der Waals surface area (Å²) in [6.45, 7) is 10.5. The molecule has 1 N–H and O–H groups in total. The molecule has 1 aromatic carbocycles. The molecule has 11 heteroatoms. The van der Waals surface area contributed by atoms with E-state index in [4.69, 9.17) is 16.8 Å². The molecule has 0 aliphatic carbocycles. The number of para-hydroxylation sites is 1. The Morgan fingerprint density at radius 2 is 1.71 bits per heavy atom. The van der Waals surface area contributed by atoms with Gasteiger partial charge in [0.1, 0.15) is 14.3 Å². The second-order valence-corrected chi connectivity index (χ2v) is 11.1. The van der Waals surface area contributed by atoms with Gasteiger partial charge in [-0.25, -0.2) is 0 Å². The number of fused-ring (bicyclic) bond motifs is 1. The van der Waals surface area contributed by atoms with Gasteiger partial charge in [-0.05, 0) is 38.2 Å². The van der Waals surface area contributed by atoms with Crippen LogP contribution in [0.3, 0.4) is 0 Å². The molecule has 0 saturated carbocycles. The first-order chi connectivity index (χ1) is 14.6. The van der Waals surface area contributed by atoms with Crippen molar-refractivity contribution in [1.29, 1.82) is 0 Å². The third kappa shape index (κ3) is 6.93. The predicted molar refractivity (Wildman–Crippen MR) is 134 cm³/mol. The Labute approximate surface area is 199 Å². The van der Waals surface area contributed by atoms with Crippen LogP contribution in [0.2, 0.25) is 0 Å². The predicted octanol–water partition coefficient (Wildman–Crippen LogP) is 3.88. The van der Waals surface area contributed by atoms with Gasteiger partial charge in [0.15, 0.2) is 0 Å². The van der Waals surface area contributed by atoms with E-state index < -0.39 is 10.1 Å². The lowest BCUT2D eigenvalue weighted by atomic mass is 10.3. The third-order valence-corrected chi connectivity index (χ3v) is 8.55. The Balaban J connectivity index is 0.000000423. The van der Waals surface area contributed by atoms with E-state index in [1.54, 1.807) is 7.05 Å². The number of amides is 1. The normalized spacial score (nSPS) is 18.5. The molecule has 0 bridgehead atoms. The first-order valence-corrected chi connectivity index (χ1v) is 13.7. The van der Waals surface area contributed by atoms with Gasteiger partial charge in [-0.3, -0.25) is 14.2 Å². The highest BCUT2D eigenvalue weighted by atomic mass is 32.2. The van der Waals surface area contributed by atoms with E-state index in [1.807, 2.05) is 29.2 Å². The molecule has 31 heavy (non-hydrogen) atoms. The van der Waals surface area contributed by atoms with Crippen LogP contribution in [0, 0.1) is 0 Å². The number of likely N-dealkylation sites (N-methyl/N-ethyl adjacent to an activating group) is 1. The van der Waals surface area contributed by atoms with Crippen molar-refractivity contribution in [2.45, 2.75) is 32.1 Å². The fraction of sp³-hybridized carbons (Fsp3) is 0.500. The van der Waals surface area contributed by atoms with E-state index in [2.05, 4.69) is 25.7 Å². The highest BCUT2D eigenvalue weighted by Gasteiger charge is 2.37. The summed E-state index contributed by atoms with van der Waals surface area (Å²) < 4.78 is 31.4. The summed E-state index contributed by atoms with van der Waals surface area (Å²) in [7, 11) is -2.37. The highest BCUT2D eigenvalue weighted by molar-refractivity contribution is 8.27. The van der Waals surface area contributed by atoms with Gasteiger partial charge >= 0.3 is 0 Å². The minimum Gasteiger partial charge on any atom is -0.334 e. The number of hydrogen-bond acceptors (Lipinski definition) is 8. The number of carbonyl (C=O) groups excluding carboxylic acids is 1. The van der Waals surface area contributed by atoms with E-state index in [9.17, 15) is 13.2 Å². The number of benzene rings is 1. The number of nitrogens with zero attached hydrogens (tertiary/aromatic N) is 3. The maximum absolute atomic E-state index is 12.4. The molecule has 1 saturated heterocycles. The Kier molecular flexibility index (Phi) is 9.84. The van der Waals surface area contributed by atoms with Crippen molar-refractivity contribution >= 4 is 61.8 Å². The van der Waals surface area contributed by atoms with E-state index in [0.29, 0.717) is 15.8 Å². The number of rotatable bonds is 7. The van der Waals surface area contributed by atoms with E-state index in [-0.39, 0.29) is 18.1 Å². The van der Waals surface area contributed by atoms with Gasteiger partial charge in [0.2, 0.25) is 0 Å². The van der Waals surface area contributed by atoms with Gasteiger partial charge in [-0.1, -0.05) is 68.6 Å². The molecular weight excluding hydrogens is 475 g/mol. The van der Waals surface area contributed by atoms with E-state index >= 15 is 0 Å². The molecule has 3 rings (SSSR count). The molecule has 0 spiro atoms. The maximum Gasteiger partial charge on any atom is 0.268 e. The van der Waals surface area contributed by atoms with Crippen molar-refractivity contribution in [3.05, 3.63) is 34.2 Å². The fourth-order valence-electron chi connectivity index (χ4n) is 3.07. The summed E-state index contributed by atoms with van der Waals surface area (Å²) in [5.74, 6) is -0.474. The summed E-state index contributed by atoms with van der Waals surface area (Å²) in [5.41, 5.74) is 0.925. The van der Waals surface area contributed by atoms with Crippen LogP contribution in [-0.4, -0.2) is 72.0 Å². The Morgan fingerprint density at radius 3 is 2.19 bits per heavy atom. The zero-order valence-electron chi connectivity index (χ0n) is 18.2. The van der Waals surface area contributed by atoms with Crippen molar-refractivity contribution in [1.82, 2.24) is 9.80 Å². The molecule has 0 atom stereocenters. The van der Waals surface area contributed by atoms with E-state index in [1.165, 1.54) is 48.1 Å². The molecule has 0 unspecified atom stereocenters. The second-order valence-electron chi connectivity index (χ2n) is 6.85. The van der Waals surface area contributed by atoms with Gasteiger partial charge in [0, 0.05) is 18.5 Å². The van der Waals surface area contributed by atoms with Crippen molar-refractivity contribution < 1.29 is 17.8 Å². The molecule has 1 amide bonds. The van der Waals surface area contributed by atoms with Crippen LogP contribution in [0.5, 0.6) is 0 Å².